The van der Waals surface area contributed by atoms with E-state index >= 15 is 0 Å². The van der Waals surface area contributed by atoms with Crippen LogP contribution >= 0.6 is 0 Å². The molecule has 0 saturated carbocycles. The van der Waals surface area contributed by atoms with Gasteiger partial charge < -0.3 is 10.9 Å². The number of hydrogen-bond donors (Lipinski definition) is 2. The van der Waals surface area contributed by atoms with Crippen LogP contribution in [0.15, 0.2) is 5.16 Å². The summed E-state index contributed by atoms with van der Waals surface area (Å²) >= 11 is 0. The molecule has 0 aliphatic carbocycles. The van der Waals surface area contributed by atoms with Crippen molar-refractivity contribution >= 4 is 5.71 Å². The normalized spacial score (nSPS) is 12.0. The third-order valence-corrected chi connectivity index (χ3v) is 0.466. The van der Waals surface area contributed by atoms with Crippen LogP contribution in [-0.4, -0.2) is 17.5 Å². The van der Waals surface area contributed by atoms with E-state index in [0.717, 1.165) is 0 Å². The smallest absolute Gasteiger partial charge is 0.0675 e. The summed E-state index contributed by atoms with van der Waals surface area (Å²) in [6.45, 7) is 1.98. The second-order valence-electron chi connectivity index (χ2n) is 1.04. The van der Waals surface area contributed by atoms with Gasteiger partial charge >= 0.3 is 0 Å². The van der Waals surface area contributed by atoms with E-state index in [2.05, 4.69) is 5.16 Å². The van der Waals surface area contributed by atoms with Gasteiger partial charge in [0.25, 0.3) is 0 Å². The maximum atomic E-state index is 7.84. The van der Waals surface area contributed by atoms with Crippen LogP contribution in [-0.2, 0) is 0 Å². The van der Waals surface area contributed by atoms with E-state index in [9.17, 15) is 0 Å². The molecule has 6 heavy (non-hydrogen) atoms. The molecule has 0 bridgehead atoms. The molecule has 0 amide bonds. The summed E-state index contributed by atoms with van der Waals surface area (Å²) in [5.41, 5.74) is 5.54. The molecule has 0 spiro atoms. The van der Waals surface area contributed by atoms with E-state index < -0.39 is 0 Å². The molecule has 0 aliphatic rings. The lowest BCUT2D eigenvalue weighted by Gasteiger charge is -1.82. The Labute approximate surface area is 36.5 Å². The van der Waals surface area contributed by atoms with Crippen LogP contribution in [0.3, 0.4) is 0 Å². The van der Waals surface area contributed by atoms with Crippen LogP contribution in [0, 0.1) is 0 Å². The summed E-state index contributed by atoms with van der Waals surface area (Å²) < 4.78 is 0. The Balaban J connectivity index is 3.22. The lowest BCUT2D eigenvalue weighted by molar-refractivity contribution is 0.318. The minimum atomic E-state index is 0.330. The first kappa shape index (κ1) is 5.43. The van der Waals surface area contributed by atoms with Crippen molar-refractivity contribution in [2.24, 2.45) is 10.9 Å². The summed E-state index contributed by atoms with van der Waals surface area (Å²) in [7, 11) is 0. The molecule has 0 aromatic rings. The number of nitrogens with two attached hydrogens (primary N) is 1. The molecule has 3 nitrogen and oxygen atoms in total. The Morgan fingerprint density at radius 3 is 2.50 bits per heavy atom. The second-order valence-corrected chi connectivity index (χ2v) is 1.04. The van der Waals surface area contributed by atoms with Gasteiger partial charge in [0.05, 0.1) is 5.71 Å². The standard InChI is InChI=1S/C3H8N2O/c1-3(2-4)5-6/h6H,2,4H2,1H3/b5-3+. The van der Waals surface area contributed by atoms with E-state index in [1.807, 2.05) is 0 Å². The highest BCUT2D eigenvalue weighted by Crippen LogP contribution is 1.63. The van der Waals surface area contributed by atoms with Gasteiger partial charge in [0, 0.05) is 6.54 Å². The van der Waals surface area contributed by atoms with Crippen LogP contribution in [0.5, 0.6) is 0 Å². The fraction of sp³-hybridized carbons (Fsp3) is 0.667. The monoisotopic (exact) mass is 88.1 g/mol. The van der Waals surface area contributed by atoms with Crippen LogP contribution in [0.2, 0.25) is 0 Å². The highest BCUT2D eigenvalue weighted by Gasteiger charge is 1.77. The Bertz CT molecular complexity index is 59.8. The molecule has 0 fully saturated rings. The van der Waals surface area contributed by atoms with Gasteiger partial charge in [0.15, 0.2) is 0 Å². The molecule has 36 valence electrons. The molecule has 0 aromatic carbocycles. The van der Waals surface area contributed by atoms with Crippen LogP contribution < -0.4 is 5.73 Å². The third kappa shape index (κ3) is 1.72. The fourth-order valence-corrected chi connectivity index (χ4v) is 0.0408. The summed E-state index contributed by atoms with van der Waals surface area (Å²) in [6.07, 6.45) is 0. The average molecular weight is 88.1 g/mol. The Morgan fingerprint density at radius 1 is 2.00 bits per heavy atom. The van der Waals surface area contributed by atoms with Crippen molar-refractivity contribution in [1.29, 1.82) is 0 Å². The highest BCUT2D eigenvalue weighted by atomic mass is 16.4. The predicted octanol–water partition coefficient (Wildman–Crippen LogP) is -0.205. The molecule has 0 heterocycles. The van der Waals surface area contributed by atoms with Gasteiger partial charge in [-0.25, -0.2) is 0 Å². The van der Waals surface area contributed by atoms with Crippen LogP contribution in [0.4, 0.5) is 0 Å². The molecule has 0 radical (unpaired) electrons. The van der Waals surface area contributed by atoms with Crippen LogP contribution in [0.25, 0.3) is 0 Å². The minimum Gasteiger partial charge on any atom is -0.411 e. The van der Waals surface area contributed by atoms with Crippen molar-refractivity contribution in [2.45, 2.75) is 6.92 Å². The maximum absolute atomic E-state index is 7.84. The topological polar surface area (TPSA) is 58.6 Å². The van der Waals surface area contributed by atoms with Crippen molar-refractivity contribution < 1.29 is 5.21 Å². The van der Waals surface area contributed by atoms with E-state index in [1.54, 1.807) is 6.92 Å². The van der Waals surface area contributed by atoms with Gasteiger partial charge in [0.2, 0.25) is 0 Å². The molecule has 0 aliphatic heterocycles. The highest BCUT2D eigenvalue weighted by molar-refractivity contribution is 5.82. The van der Waals surface area contributed by atoms with Gasteiger partial charge in [-0.1, -0.05) is 5.16 Å². The number of hydrogen-bond acceptors (Lipinski definition) is 3. The Morgan fingerprint density at radius 2 is 2.50 bits per heavy atom. The van der Waals surface area contributed by atoms with Gasteiger partial charge in [-0.05, 0) is 6.92 Å². The van der Waals surface area contributed by atoms with E-state index in [-0.39, 0.29) is 0 Å². The van der Waals surface area contributed by atoms with Crippen molar-refractivity contribution in [2.75, 3.05) is 6.54 Å². The molecule has 0 rings (SSSR count). The summed E-state index contributed by atoms with van der Waals surface area (Å²) in [6, 6.07) is 0. The molecule has 3 heteroatoms. The molecule has 0 unspecified atom stereocenters. The number of oxime groups is 1. The van der Waals surface area contributed by atoms with Gasteiger partial charge in [-0.2, -0.15) is 0 Å². The first-order chi connectivity index (χ1) is 2.81. The van der Waals surface area contributed by atoms with Crippen LogP contribution in [0.1, 0.15) is 6.92 Å². The first-order valence-corrected chi connectivity index (χ1v) is 1.69. The van der Waals surface area contributed by atoms with Gasteiger partial charge in [-0.15, -0.1) is 0 Å². The zero-order valence-corrected chi connectivity index (χ0v) is 3.68. The summed E-state index contributed by atoms with van der Waals surface area (Å²) in [4.78, 5) is 0. The Kier molecular flexibility index (Phi) is 2.40. The summed E-state index contributed by atoms with van der Waals surface area (Å²) in [5.74, 6) is 0. The van der Waals surface area contributed by atoms with Crippen molar-refractivity contribution in [3.05, 3.63) is 0 Å². The molecule has 0 atom stereocenters. The largest absolute Gasteiger partial charge is 0.411 e. The zero-order chi connectivity index (χ0) is 4.99. The maximum Gasteiger partial charge on any atom is 0.0675 e. The molecular weight excluding hydrogens is 80.0 g/mol. The lowest BCUT2D eigenvalue weighted by Crippen LogP contribution is -2.08. The lowest BCUT2D eigenvalue weighted by atomic mass is 10.4. The number of rotatable bonds is 1. The quantitative estimate of drug-likeness (QED) is 0.265. The SMILES string of the molecule is C/C(CN)=N\O. The molecule has 0 saturated heterocycles. The molecular formula is C3H8N2O. The molecule has 0 aromatic heterocycles. The van der Waals surface area contributed by atoms with Gasteiger partial charge in [-0.3, -0.25) is 0 Å². The average Bonchev–Trinajstić information content (AvgIpc) is 1.65. The predicted molar refractivity (Wildman–Crippen MR) is 23.9 cm³/mol. The van der Waals surface area contributed by atoms with Crippen molar-refractivity contribution in [3.8, 4) is 0 Å². The van der Waals surface area contributed by atoms with Crippen molar-refractivity contribution in [3.63, 3.8) is 0 Å². The first-order valence-electron chi connectivity index (χ1n) is 1.69. The minimum absolute atomic E-state index is 0.330. The van der Waals surface area contributed by atoms with E-state index in [0.29, 0.717) is 12.3 Å². The molecule has 3 N–H and O–H groups in total. The van der Waals surface area contributed by atoms with E-state index in [1.165, 1.54) is 0 Å². The Hall–Kier alpha value is -0.570. The van der Waals surface area contributed by atoms with Crippen molar-refractivity contribution in [1.82, 2.24) is 0 Å². The van der Waals surface area contributed by atoms with Gasteiger partial charge in [0.1, 0.15) is 0 Å². The summed E-state index contributed by atoms with van der Waals surface area (Å²) in [5, 5.41) is 10.6. The number of nitrogens with zero attached hydrogens (tertiary/aromatic N) is 1. The third-order valence-electron chi connectivity index (χ3n) is 0.466. The second kappa shape index (κ2) is 2.66. The van der Waals surface area contributed by atoms with E-state index in [4.69, 9.17) is 10.9 Å². The fourth-order valence-electron chi connectivity index (χ4n) is 0.0408. The zero-order valence-electron chi connectivity index (χ0n) is 3.68.